The fourth-order valence-electron chi connectivity index (χ4n) is 5.27. The minimum atomic E-state index is -1.22. The van der Waals surface area contributed by atoms with Crippen LogP contribution in [-0.2, 0) is 14.3 Å². The Morgan fingerprint density at radius 3 is 2.67 bits per heavy atom. The molecule has 0 aromatic carbocycles. The van der Waals surface area contributed by atoms with Crippen molar-refractivity contribution in [3.05, 3.63) is 46.8 Å². The molecule has 3 aliphatic rings. The van der Waals surface area contributed by atoms with E-state index in [1.54, 1.807) is 13.0 Å². The van der Waals surface area contributed by atoms with E-state index in [9.17, 15) is 19.8 Å². The largest absolute Gasteiger partial charge is 0.458 e. The number of aliphatic hydroxyl groups excluding tert-OH is 2. The van der Waals surface area contributed by atoms with E-state index in [2.05, 4.69) is 4.98 Å². The van der Waals surface area contributed by atoms with Crippen molar-refractivity contribution in [2.75, 3.05) is 0 Å². The van der Waals surface area contributed by atoms with Gasteiger partial charge in [0, 0.05) is 23.6 Å². The molecule has 0 amide bonds. The zero-order chi connectivity index (χ0) is 23.7. The molecule has 0 unspecified atom stereocenters. The third kappa shape index (κ3) is 5.61. The maximum atomic E-state index is 12.8. The molecular formula is C27H35NO5. The number of carbonyl (C=O) groups is 2. The quantitative estimate of drug-likeness (QED) is 0.662. The smallest absolute Gasteiger partial charge is 0.309 e. The molecule has 4 rings (SSSR count). The normalized spacial score (nSPS) is 35.7. The third-order valence-electron chi connectivity index (χ3n) is 7.55. The van der Waals surface area contributed by atoms with E-state index in [1.165, 1.54) is 0 Å². The highest BCUT2D eigenvalue weighted by Crippen LogP contribution is 2.47. The predicted octanol–water partition coefficient (Wildman–Crippen LogP) is 3.79. The molecule has 6 heteroatoms. The summed E-state index contributed by atoms with van der Waals surface area (Å²) >= 11 is 0. The van der Waals surface area contributed by atoms with Crippen molar-refractivity contribution in [1.82, 2.24) is 4.98 Å². The summed E-state index contributed by atoms with van der Waals surface area (Å²) in [5, 5.41) is 21.3. The lowest BCUT2D eigenvalue weighted by molar-refractivity contribution is -0.149. The minimum Gasteiger partial charge on any atom is -0.458 e. The summed E-state index contributed by atoms with van der Waals surface area (Å²) in [6, 6.07) is 3.94. The van der Waals surface area contributed by atoms with Gasteiger partial charge in [-0.25, -0.2) is 0 Å². The van der Waals surface area contributed by atoms with Crippen LogP contribution in [-0.4, -0.2) is 45.3 Å². The number of Topliss-reactive ketones (excluding diaryl/α,β-unsaturated/α-hetero) is 1. The van der Waals surface area contributed by atoms with Gasteiger partial charge >= 0.3 is 5.97 Å². The van der Waals surface area contributed by atoms with Gasteiger partial charge in [-0.3, -0.25) is 14.6 Å². The molecule has 1 aliphatic heterocycles. The second-order valence-electron chi connectivity index (χ2n) is 10.2. The number of aryl methyl sites for hydroxylation is 1. The number of ether oxygens (including phenoxy) is 1. The van der Waals surface area contributed by atoms with Crippen molar-refractivity contribution in [3.63, 3.8) is 0 Å². The Morgan fingerprint density at radius 2 is 1.94 bits per heavy atom. The summed E-state index contributed by atoms with van der Waals surface area (Å²) in [6.07, 6.45) is 7.54. The number of aromatic nitrogens is 1. The number of esters is 1. The number of nitrogens with zero attached hydrogens (tertiary/aromatic N) is 1. The molecule has 178 valence electrons. The highest BCUT2D eigenvalue weighted by Gasteiger charge is 2.41. The second-order valence-corrected chi connectivity index (χ2v) is 10.2. The van der Waals surface area contributed by atoms with Crippen LogP contribution >= 0.6 is 0 Å². The van der Waals surface area contributed by atoms with Crippen molar-refractivity contribution in [2.45, 2.75) is 77.6 Å². The molecule has 1 aromatic heterocycles. The summed E-state index contributed by atoms with van der Waals surface area (Å²) in [7, 11) is 0. The number of carbonyl (C=O) groups excluding carboxylic acids is 2. The number of fused-ring (bicyclic) bond motifs is 2. The summed E-state index contributed by atoms with van der Waals surface area (Å²) in [4.78, 5) is 29.9. The van der Waals surface area contributed by atoms with Gasteiger partial charge in [0.25, 0.3) is 0 Å². The molecule has 0 spiro atoms. The molecule has 6 nitrogen and oxygen atoms in total. The van der Waals surface area contributed by atoms with Crippen LogP contribution in [0.3, 0.4) is 0 Å². The lowest BCUT2D eigenvalue weighted by Crippen LogP contribution is -2.40. The molecule has 7 atom stereocenters. The number of hydrogen-bond donors (Lipinski definition) is 2. The molecule has 0 radical (unpaired) electrons. The number of hydrogen-bond acceptors (Lipinski definition) is 6. The van der Waals surface area contributed by atoms with Crippen LogP contribution in [0.1, 0.15) is 63.6 Å². The van der Waals surface area contributed by atoms with Crippen LogP contribution < -0.4 is 0 Å². The van der Waals surface area contributed by atoms with Crippen molar-refractivity contribution >= 4 is 17.8 Å². The number of rotatable bonds is 2. The maximum Gasteiger partial charge on any atom is 0.309 e. The van der Waals surface area contributed by atoms with Crippen molar-refractivity contribution in [3.8, 4) is 0 Å². The molecule has 2 aliphatic carbocycles. The topological polar surface area (TPSA) is 96.7 Å². The van der Waals surface area contributed by atoms with Gasteiger partial charge in [0.05, 0.1) is 24.3 Å². The molecule has 1 fully saturated rings. The zero-order valence-corrected chi connectivity index (χ0v) is 19.7. The van der Waals surface area contributed by atoms with Crippen LogP contribution in [0, 0.1) is 30.6 Å². The van der Waals surface area contributed by atoms with Gasteiger partial charge in [-0.2, -0.15) is 0 Å². The maximum absolute atomic E-state index is 12.8. The standard InChI is InChI=1S/C27H35NO5/c1-15-7-8-21(28-14-15)9-16(2)24-12-20-10-18(20)5-4-6-19-11-22(23(29)13-25(30)33-24)27(32)17(3)26(19)31/h7-9,11,14,17-20,23-24,26,29,31H,4-6,10,12-13H2,1-3H3/b16-9+/t17-,18+,19-,20+,23+,24+,26-/m1/s1. The Bertz CT molecular complexity index is 950. The van der Waals surface area contributed by atoms with E-state index in [0.717, 1.165) is 48.9 Å². The first-order valence-corrected chi connectivity index (χ1v) is 12.1. The Morgan fingerprint density at radius 1 is 1.15 bits per heavy atom. The van der Waals surface area contributed by atoms with Gasteiger partial charge in [-0.15, -0.1) is 0 Å². The Balaban J connectivity index is 1.55. The zero-order valence-electron chi connectivity index (χ0n) is 19.7. The average molecular weight is 454 g/mol. The molecule has 0 saturated heterocycles. The van der Waals surface area contributed by atoms with Crippen LogP contribution in [0.4, 0.5) is 0 Å². The van der Waals surface area contributed by atoms with Crippen LogP contribution in [0.15, 0.2) is 35.6 Å². The lowest BCUT2D eigenvalue weighted by atomic mass is 9.76. The predicted molar refractivity (Wildman–Crippen MR) is 125 cm³/mol. The Hall–Kier alpha value is -2.31. The number of aliphatic hydroxyl groups is 2. The highest BCUT2D eigenvalue weighted by atomic mass is 16.5. The third-order valence-corrected chi connectivity index (χ3v) is 7.55. The second kappa shape index (κ2) is 9.90. The first-order chi connectivity index (χ1) is 15.7. The Kier molecular flexibility index (Phi) is 7.15. The summed E-state index contributed by atoms with van der Waals surface area (Å²) < 4.78 is 5.86. The number of ketones is 1. The van der Waals surface area contributed by atoms with Crippen molar-refractivity contribution < 1.29 is 24.5 Å². The van der Waals surface area contributed by atoms with Crippen LogP contribution in [0.25, 0.3) is 6.08 Å². The monoisotopic (exact) mass is 453 g/mol. The molecule has 33 heavy (non-hydrogen) atoms. The average Bonchev–Trinajstić information content (AvgIpc) is 3.51. The summed E-state index contributed by atoms with van der Waals surface area (Å²) in [5.41, 5.74) is 3.07. The first-order valence-electron chi connectivity index (χ1n) is 12.1. The van der Waals surface area contributed by atoms with Crippen molar-refractivity contribution in [1.29, 1.82) is 0 Å². The van der Waals surface area contributed by atoms with Crippen LogP contribution in [0.5, 0.6) is 0 Å². The molecule has 2 bridgehead atoms. The number of cyclic esters (lactones) is 1. The lowest BCUT2D eigenvalue weighted by Gasteiger charge is -2.32. The SMILES string of the molecule is C/C(=C\c1ccc(C)cn1)[C@@H]1C[C@@H]2C[C@@H]2CCC[C@@H]2C=C(C(=O)[C@H](C)[C@H]2O)[C@@H](O)CC(=O)O1. The van der Waals surface area contributed by atoms with E-state index in [0.29, 0.717) is 11.8 Å². The fourth-order valence-corrected chi connectivity index (χ4v) is 5.27. The molecule has 2 N–H and O–H groups in total. The first kappa shape index (κ1) is 23.8. The van der Waals surface area contributed by atoms with Gasteiger partial charge in [0.1, 0.15) is 6.10 Å². The minimum absolute atomic E-state index is 0.168. The molecule has 1 aromatic rings. The van der Waals surface area contributed by atoms with Crippen LogP contribution in [0.2, 0.25) is 0 Å². The van der Waals surface area contributed by atoms with E-state index < -0.39 is 24.1 Å². The fraction of sp³-hybridized carbons (Fsp3) is 0.593. The molecule has 2 heterocycles. The van der Waals surface area contributed by atoms with E-state index >= 15 is 0 Å². The van der Waals surface area contributed by atoms with E-state index in [-0.39, 0.29) is 29.8 Å². The Labute approximate surface area is 195 Å². The molecular weight excluding hydrogens is 418 g/mol. The van der Waals surface area contributed by atoms with Gasteiger partial charge in [0.15, 0.2) is 5.78 Å². The van der Waals surface area contributed by atoms with Gasteiger partial charge in [-0.05, 0) is 68.2 Å². The molecule has 1 saturated carbocycles. The number of pyridine rings is 1. The van der Waals surface area contributed by atoms with Gasteiger partial charge in [0.2, 0.25) is 0 Å². The summed E-state index contributed by atoms with van der Waals surface area (Å²) in [5.74, 6) is -0.441. The van der Waals surface area contributed by atoms with Crippen molar-refractivity contribution in [2.24, 2.45) is 23.7 Å². The summed E-state index contributed by atoms with van der Waals surface area (Å²) in [6.45, 7) is 5.64. The van der Waals surface area contributed by atoms with Gasteiger partial charge in [-0.1, -0.05) is 31.9 Å². The van der Waals surface area contributed by atoms with E-state index in [4.69, 9.17) is 4.74 Å². The highest BCUT2D eigenvalue weighted by molar-refractivity contribution is 5.99. The van der Waals surface area contributed by atoms with E-state index in [1.807, 2.05) is 38.3 Å². The van der Waals surface area contributed by atoms with Gasteiger partial charge < -0.3 is 14.9 Å².